The summed E-state index contributed by atoms with van der Waals surface area (Å²) in [7, 11) is 1.38. The number of ether oxygens (including phenoxy) is 2. The van der Waals surface area contributed by atoms with Gasteiger partial charge in [-0.25, -0.2) is 9.59 Å². The van der Waals surface area contributed by atoms with E-state index in [0.29, 0.717) is 25.5 Å². The van der Waals surface area contributed by atoms with E-state index < -0.39 is 12.1 Å². The number of hydrogen-bond donors (Lipinski definition) is 1. The van der Waals surface area contributed by atoms with Crippen molar-refractivity contribution in [2.24, 2.45) is 0 Å². The van der Waals surface area contributed by atoms with E-state index in [4.69, 9.17) is 9.47 Å². The maximum Gasteiger partial charge on any atom is 0.334 e. The van der Waals surface area contributed by atoms with Crippen LogP contribution in [0.1, 0.15) is 5.56 Å². The fourth-order valence-electron chi connectivity index (χ4n) is 3.01. The number of anilines is 1. The minimum Gasteiger partial charge on any atom is -0.478 e. The first-order valence-electron chi connectivity index (χ1n) is 7.54. The maximum absolute atomic E-state index is 11.6. The van der Waals surface area contributed by atoms with E-state index in [2.05, 4.69) is 0 Å². The van der Waals surface area contributed by atoms with Crippen molar-refractivity contribution in [3.63, 3.8) is 0 Å². The first-order valence-corrected chi connectivity index (χ1v) is 7.54. The molecule has 1 aromatic carbocycles. The molecule has 1 aliphatic heterocycles. The zero-order valence-electron chi connectivity index (χ0n) is 13.2. The molecule has 0 saturated heterocycles. The Morgan fingerprint density at radius 1 is 1.38 bits per heavy atom. The molecule has 0 fully saturated rings. The lowest BCUT2D eigenvalue weighted by molar-refractivity contribution is -0.133. The molecule has 1 aromatic rings. The SMILES string of the molecule is COC1C(=C=O)C(N2CCOCc3ccccc32)=CC=C1C(=O)O. The number of aliphatic carboxylic acids is 1. The molecule has 0 amide bonds. The third kappa shape index (κ3) is 2.78. The van der Waals surface area contributed by atoms with E-state index in [0.717, 1.165) is 11.3 Å². The zero-order valence-corrected chi connectivity index (χ0v) is 13.2. The third-order valence-electron chi connectivity index (χ3n) is 4.12. The van der Waals surface area contributed by atoms with Gasteiger partial charge in [0.25, 0.3) is 0 Å². The molecule has 0 aromatic heterocycles. The van der Waals surface area contributed by atoms with Crippen LogP contribution in [0.15, 0.2) is 53.3 Å². The van der Waals surface area contributed by atoms with Gasteiger partial charge in [0.1, 0.15) is 12.0 Å². The second-order valence-corrected chi connectivity index (χ2v) is 5.44. The smallest absolute Gasteiger partial charge is 0.334 e. The van der Waals surface area contributed by atoms with Crippen LogP contribution >= 0.6 is 0 Å². The monoisotopic (exact) mass is 327 g/mol. The Morgan fingerprint density at radius 3 is 2.88 bits per heavy atom. The minimum atomic E-state index is -1.12. The highest BCUT2D eigenvalue weighted by atomic mass is 16.5. The van der Waals surface area contributed by atoms with Crippen molar-refractivity contribution < 1.29 is 24.2 Å². The number of nitrogens with zero attached hydrogens (tertiary/aromatic N) is 1. The van der Waals surface area contributed by atoms with Crippen LogP contribution < -0.4 is 4.90 Å². The molecule has 0 saturated carbocycles. The number of carbonyl (C=O) groups excluding carboxylic acids is 1. The molecule has 1 N–H and O–H groups in total. The first kappa shape index (κ1) is 16.2. The van der Waals surface area contributed by atoms with Gasteiger partial charge in [-0.2, -0.15) is 0 Å². The number of carboxylic acids is 1. The third-order valence-corrected chi connectivity index (χ3v) is 4.12. The standard InChI is InChI=1S/C18H17NO5/c1-23-17-13(18(21)22)6-7-16(14(17)10-20)19-8-9-24-11-12-4-2-3-5-15(12)19/h2-7,17H,8-9,11H2,1H3,(H,21,22). The summed E-state index contributed by atoms with van der Waals surface area (Å²) < 4.78 is 10.9. The van der Waals surface area contributed by atoms with Crippen LogP contribution in [0, 0.1) is 0 Å². The van der Waals surface area contributed by atoms with Gasteiger partial charge >= 0.3 is 5.97 Å². The first-order chi connectivity index (χ1) is 11.7. The summed E-state index contributed by atoms with van der Waals surface area (Å²) in [6.07, 6.45) is 2.15. The summed E-state index contributed by atoms with van der Waals surface area (Å²) >= 11 is 0. The van der Waals surface area contributed by atoms with E-state index in [-0.39, 0.29) is 11.1 Å². The Morgan fingerprint density at radius 2 is 2.17 bits per heavy atom. The van der Waals surface area contributed by atoms with Crippen LogP contribution in [0.5, 0.6) is 0 Å². The van der Waals surface area contributed by atoms with Crippen molar-refractivity contribution >= 4 is 17.6 Å². The Hall–Kier alpha value is -2.66. The number of fused-ring (bicyclic) bond motifs is 1. The van der Waals surface area contributed by atoms with Gasteiger partial charge in [0.05, 0.1) is 30.1 Å². The highest BCUT2D eigenvalue weighted by Gasteiger charge is 2.33. The predicted molar refractivity (Wildman–Crippen MR) is 87.2 cm³/mol. The average Bonchev–Trinajstić information content (AvgIpc) is 2.82. The van der Waals surface area contributed by atoms with Crippen molar-refractivity contribution in [3.05, 3.63) is 58.8 Å². The summed E-state index contributed by atoms with van der Waals surface area (Å²) in [6.45, 7) is 1.52. The molecule has 1 unspecified atom stereocenters. The normalized spacial score (nSPS) is 20.5. The van der Waals surface area contributed by atoms with E-state index in [1.807, 2.05) is 35.1 Å². The van der Waals surface area contributed by atoms with E-state index in [1.165, 1.54) is 13.2 Å². The molecule has 124 valence electrons. The van der Waals surface area contributed by atoms with Crippen LogP contribution in [-0.2, 0) is 25.7 Å². The summed E-state index contributed by atoms with van der Waals surface area (Å²) in [5.74, 6) is 0.754. The molecule has 0 spiro atoms. The second kappa shape index (κ2) is 6.84. The van der Waals surface area contributed by atoms with Crippen molar-refractivity contribution in [2.75, 3.05) is 25.2 Å². The summed E-state index contributed by atoms with van der Waals surface area (Å²) in [5, 5.41) is 9.30. The van der Waals surface area contributed by atoms with Gasteiger partial charge in [-0.1, -0.05) is 18.2 Å². The van der Waals surface area contributed by atoms with Crippen LogP contribution in [0.2, 0.25) is 0 Å². The van der Waals surface area contributed by atoms with Crippen molar-refractivity contribution in [1.82, 2.24) is 0 Å². The van der Waals surface area contributed by atoms with Crippen molar-refractivity contribution in [1.29, 1.82) is 0 Å². The van der Waals surface area contributed by atoms with Gasteiger partial charge < -0.3 is 19.5 Å². The highest BCUT2D eigenvalue weighted by Crippen LogP contribution is 2.34. The topological polar surface area (TPSA) is 76.1 Å². The van der Waals surface area contributed by atoms with Gasteiger partial charge in [-0.05, 0) is 18.2 Å². The molecule has 3 rings (SSSR count). The average molecular weight is 327 g/mol. The number of methoxy groups -OCH3 is 1. The van der Waals surface area contributed by atoms with Crippen LogP contribution in [0.3, 0.4) is 0 Å². The fraction of sp³-hybridized carbons (Fsp3) is 0.278. The summed E-state index contributed by atoms with van der Waals surface area (Å²) in [4.78, 5) is 24.9. The number of rotatable bonds is 3. The lowest BCUT2D eigenvalue weighted by Gasteiger charge is -2.31. The van der Waals surface area contributed by atoms with Gasteiger partial charge in [0, 0.05) is 24.9 Å². The number of carboxylic acid groups (broad SMARTS) is 1. The number of benzene rings is 1. The number of allylic oxidation sites excluding steroid dienone is 2. The molecule has 0 bridgehead atoms. The Labute approximate surface area is 139 Å². The molecule has 1 atom stereocenters. The predicted octanol–water partition coefficient (Wildman–Crippen LogP) is 1.70. The Balaban J connectivity index is 2.11. The molecule has 1 heterocycles. The fourth-order valence-corrected chi connectivity index (χ4v) is 3.01. The van der Waals surface area contributed by atoms with Crippen LogP contribution in [0.4, 0.5) is 5.69 Å². The molecule has 2 aliphatic rings. The van der Waals surface area contributed by atoms with Crippen LogP contribution in [-0.4, -0.2) is 43.4 Å². The zero-order chi connectivity index (χ0) is 17.1. The second-order valence-electron chi connectivity index (χ2n) is 5.44. The molecule has 6 nitrogen and oxygen atoms in total. The highest BCUT2D eigenvalue weighted by molar-refractivity contribution is 5.92. The van der Waals surface area contributed by atoms with Gasteiger partial charge in [-0.3, -0.25) is 0 Å². The molecule has 6 heteroatoms. The van der Waals surface area contributed by atoms with Crippen molar-refractivity contribution in [2.45, 2.75) is 12.7 Å². The Bertz CT molecular complexity index is 773. The molecule has 0 radical (unpaired) electrons. The lowest BCUT2D eigenvalue weighted by Crippen LogP contribution is -2.34. The van der Waals surface area contributed by atoms with Gasteiger partial charge in [0.15, 0.2) is 0 Å². The summed E-state index contributed by atoms with van der Waals surface area (Å²) in [6, 6.07) is 7.76. The molecule has 1 aliphatic carbocycles. The van der Waals surface area contributed by atoms with Crippen LogP contribution in [0.25, 0.3) is 0 Å². The molecular formula is C18H17NO5. The van der Waals surface area contributed by atoms with E-state index in [1.54, 1.807) is 6.08 Å². The Kier molecular flexibility index (Phi) is 4.62. The summed E-state index contributed by atoms with van der Waals surface area (Å²) in [5.41, 5.74) is 2.70. The number of carbonyl (C=O) groups is 1. The van der Waals surface area contributed by atoms with E-state index >= 15 is 0 Å². The minimum absolute atomic E-state index is 0.0129. The molecule has 24 heavy (non-hydrogen) atoms. The van der Waals surface area contributed by atoms with Crippen molar-refractivity contribution in [3.8, 4) is 0 Å². The van der Waals surface area contributed by atoms with Gasteiger partial charge in [0.2, 0.25) is 0 Å². The van der Waals surface area contributed by atoms with E-state index in [9.17, 15) is 14.7 Å². The number of para-hydroxylation sites is 1. The molecular weight excluding hydrogens is 310 g/mol. The maximum atomic E-state index is 11.6. The van der Waals surface area contributed by atoms with Gasteiger partial charge in [-0.15, -0.1) is 0 Å². The largest absolute Gasteiger partial charge is 0.478 e. The number of hydrogen-bond acceptors (Lipinski definition) is 5. The quantitative estimate of drug-likeness (QED) is 0.852. The lowest BCUT2D eigenvalue weighted by atomic mass is 9.93.